The van der Waals surface area contributed by atoms with Crippen LogP contribution in [0.2, 0.25) is 0 Å². The van der Waals surface area contributed by atoms with Crippen LogP contribution in [0.25, 0.3) is 10.4 Å². The highest BCUT2D eigenvalue weighted by molar-refractivity contribution is 7.99. The molecule has 1 aliphatic rings. The minimum absolute atomic E-state index is 0.194. The van der Waals surface area contributed by atoms with Gasteiger partial charge in [-0.2, -0.15) is 11.8 Å². The molecule has 0 aromatic heterocycles. The van der Waals surface area contributed by atoms with Crippen LogP contribution in [-0.2, 0) is 0 Å². The van der Waals surface area contributed by atoms with Crippen molar-refractivity contribution >= 4 is 11.8 Å². The highest BCUT2D eigenvalue weighted by Gasteiger charge is 2.23. The highest BCUT2D eigenvalue weighted by atomic mass is 32.2. The van der Waals surface area contributed by atoms with Crippen molar-refractivity contribution in [2.24, 2.45) is 5.11 Å². The van der Waals surface area contributed by atoms with E-state index in [1.165, 1.54) is 0 Å². The molecular weight excluding hydrogens is 138 g/mol. The van der Waals surface area contributed by atoms with E-state index >= 15 is 0 Å². The predicted molar refractivity (Wildman–Crippen MR) is 36.3 cm³/mol. The molecule has 50 valence electrons. The van der Waals surface area contributed by atoms with Crippen LogP contribution in [0.5, 0.6) is 0 Å². The van der Waals surface area contributed by atoms with Crippen molar-refractivity contribution in [2.75, 3.05) is 11.5 Å². The summed E-state index contributed by atoms with van der Waals surface area (Å²) in [5.74, 6) is 1.45. The Morgan fingerprint density at radius 2 is 2.44 bits per heavy atom. The minimum atomic E-state index is -0.425. The molecule has 0 saturated carbocycles. The number of rotatable bonds is 1. The molecule has 0 aliphatic carbocycles. The highest BCUT2D eigenvalue weighted by Crippen LogP contribution is 2.20. The summed E-state index contributed by atoms with van der Waals surface area (Å²) < 4.78 is 0. The number of nitrogens with zero attached hydrogens (tertiary/aromatic N) is 3. The molecule has 9 heavy (non-hydrogen) atoms. The zero-order valence-electron chi connectivity index (χ0n) is 4.77. The van der Waals surface area contributed by atoms with Crippen molar-refractivity contribution in [3.05, 3.63) is 10.4 Å². The van der Waals surface area contributed by atoms with E-state index in [1.54, 1.807) is 11.8 Å². The first-order chi connectivity index (χ1) is 4.34. The number of hydrogen-bond acceptors (Lipinski definition) is 3. The number of aliphatic hydroxyl groups excluding tert-OH is 1. The minimum Gasteiger partial charge on any atom is -0.392 e. The Hall–Kier alpha value is -0.380. The number of azide groups is 1. The van der Waals surface area contributed by atoms with Crippen LogP contribution in [0.1, 0.15) is 0 Å². The second kappa shape index (κ2) is 2.96. The van der Waals surface area contributed by atoms with Gasteiger partial charge < -0.3 is 5.11 Å². The number of thioether (sulfide) groups is 1. The van der Waals surface area contributed by atoms with Gasteiger partial charge in [0.25, 0.3) is 0 Å². The maximum absolute atomic E-state index is 9.03. The third-order valence-electron chi connectivity index (χ3n) is 1.22. The third kappa shape index (κ3) is 1.51. The summed E-state index contributed by atoms with van der Waals surface area (Å²) in [5, 5.41) is 12.4. The maximum atomic E-state index is 9.03. The Morgan fingerprint density at radius 1 is 1.67 bits per heavy atom. The van der Waals surface area contributed by atoms with Gasteiger partial charge in [-0.05, 0) is 5.53 Å². The van der Waals surface area contributed by atoms with Crippen molar-refractivity contribution < 1.29 is 5.11 Å². The van der Waals surface area contributed by atoms with Crippen LogP contribution < -0.4 is 0 Å². The summed E-state index contributed by atoms with van der Waals surface area (Å²) in [6.45, 7) is 0. The molecule has 5 heteroatoms. The van der Waals surface area contributed by atoms with Crippen molar-refractivity contribution in [1.29, 1.82) is 0 Å². The van der Waals surface area contributed by atoms with Crippen LogP contribution in [0.15, 0.2) is 5.11 Å². The SMILES string of the molecule is [N-]=[N+]=NC1CSCC1O. The Labute approximate surface area is 56.9 Å². The molecule has 1 fully saturated rings. The summed E-state index contributed by atoms with van der Waals surface area (Å²) >= 11 is 1.62. The smallest absolute Gasteiger partial charge is 0.0732 e. The van der Waals surface area contributed by atoms with Crippen molar-refractivity contribution in [1.82, 2.24) is 0 Å². The lowest BCUT2D eigenvalue weighted by atomic mass is 10.2. The van der Waals surface area contributed by atoms with E-state index in [4.69, 9.17) is 10.6 Å². The molecular formula is C4H7N3OS. The quantitative estimate of drug-likeness (QED) is 0.336. The van der Waals surface area contributed by atoms with E-state index in [2.05, 4.69) is 10.0 Å². The summed E-state index contributed by atoms with van der Waals surface area (Å²) in [6, 6.07) is -0.194. The fourth-order valence-corrected chi connectivity index (χ4v) is 1.84. The van der Waals surface area contributed by atoms with Gasteiger partial charge in [0, 0.05) is 16.4 Å². The summed E-state index contributed by atoms with van der Waals surface area (Å²) in [4.78, 5) is 2.62. The summed E-state index contributed by atoms with van der Waals surface area (Å²) in [7, 11) is 0. The molecule has 0 aromatic carbocycles. The maximum Gasteiger partial charge on any atom is 0.0732 e. The molecule has 4 nitrogen and oxygen atoms in total. The predicted octanol–water partition coefficient (Wildman–Crippen LogP) is 0.773. The van der Waals surface area contributed by atoms with E-state index < -0.39 is 6.10 Å². The van der Waals surface area contributed by atoms with Gasteiger partial charge in [0.15, 0.2) is 0 Å². The molecule has 1 N–H and O–H groups in total. The second-order valence-electron chi connectivity index (χ2n) is 1.88. The fraction of sp³-hybridized carbons (Fsp3) is 1.00. The van der Waals surface area contributed by atoms with Gasteiger partial charge in [0.1, 0.15) is 0 Å². The van der Waals surface area contributed by atoms with Crippen molar-refractivity contribution in [2.45, 2.75) is 12.1 Å². The van der Waals surface area contributed by atoms with Gasteiger partial charge in [-0.15, -0.1) is 0 Å². The zero-order valence-corrected chi connectivity index (χ0v) is 5.58. The molecule has 0 radical (unpaired) electrons. The lowest BCUT2D eigenvalue weighted by molar-refractivity contribution is 0.183. The van der Waals surface area contributed by atoms with E-state index in [9.17, 15) is 0 Å². The van der Waals surface area contributed by atoms with Crippen LogP contribution >= 0.6 is 11.8 Å². The van der Waals surface area contributed by atoms with Crippen LogP contribution in [-0.4, -0.2) is 28.8 Å². The first-order valence-corrected chi connectivity index (χ1v) is 3.80. The lowest BCUT2D eigenvalue weighted by Crippen LogP contribution is -2.20. The summed E-state index contributed by atoms with van der Waals surface area (Å²) in [5.41, 5.74) is 7.98. The lowest BCUT2D eigenvalue weighted by Gasteiger charge is -2.02. The molecule has 2 unspecified atom stereocenters. The molecule has 0 aromatic rings. The average Bonchev–Trinajstić information content (AvgIpc) is 2.18. The van der Waals surface area contributed by atoms with Gasteiger partial charge in [-0.3, -0.25) is 0 Å². The van der Waals surface area contributed by atoms with E-state index in [1.807, 2.05) is 0 Å². The molecule has 1 rings (SSSR count). The number of hydrogen-bond donors (Lipinski definition) is 1. The molecule has 1 heterocycles. The normalized spacial score (nSPS) is 33.9. The first kappa shape index (κ1) is 6.74. The zero-order chi connectivity index (χ0) is 6.69. The topological polar surface area (TPSA) is 69.0 Å². The van der Waals surface area contributed by atoms with E-state index in [0.717, 1.165) is 5.75 Å². The van der Waals surface area contributed by atoms with Crippen LogP contribution in [0.3, 0.4) is 0 Å². The van der Waals surface area contributed by atoms with Gasteiger partial charge >= 0.3 is 0 Å². The molecule has 0 amide bonds. The third-order valence-corrected chi connectivity index (χ3v) is 2.38. The van der Waals surface area contributed by atoms with E-state index in [-0.39, 0.29) is 6.04 Å². The molecule has 1 aliphatic heterocycles. The monoisotopic (exact) mass is 145 g/mol. The van der Waals surface area contributed by atoms with Crippen LogP contribution in [0.4, 0.5) is 0 Å². The van der Waals surface area contributed by atoms with Crippen LogP contribution in [0, 0.1) is 0 Å². The van der Waals surface area contributed by atoms with E-state index in [0.29, 0.717) is 5.75 Å². The Kier molecular flexibility index (Phi) is 2.22. The Balaban J connectivity index is 2.49. The van der Waals surface area contributed by atoms with Gasteiger partial charge in [-0.25, -0.2) is 0 Å². The van der Waals surface area contributed by atoms with Crippen molar-refractivity contribution in [3.63, 3.8) is 0 Å². The molecule has 0 spiro atoms. The largest absolute Gasteiger partial charge is 0.392 e. The number of aliphatic hydroxyl groups is 1. The van der Waals surface area contributed by atoms with Crippen molar-refractivity contribution in [3.8, 4) is 0 Å². The van der Waals surface area contributed by atoms with Gasteiger partial charge in [-0.1, -0.05) is 5.11 Å². The van der Waals surface area contributed by atoms with Gasteiger partial charge in [0.05, 0.1) is 12.1 Å². The Morgan fingerprint density at radius 3 is 2.89 bits per heavy atom. The second-order valence-corrected chi connectivity index (χ2v) is 2.95. The molecule has 0 bridgehead atoms. The average molecular weight is 145 g/mol. The standard InChI is InChI=1S/C4H7N3OS/c5-7-6-3-1-9-2-4(3)8/h3-4,8H,1-2H2. The van der Waals surface area contributed by atoms with Gasteiger partial charge in [0.2, 0.25) is 0 Å². The Bertz CT molecular complexity index is 145. The fourth-order valence-electron chi connectivity index (χ4n) is 0.708. The molecule has 1 saturated heterocycles. The first-order valence-electron chi connectivity index (χ1n) is 2.64. The summed E-state index contributed by atoms with van der Waals surface area (Å²) in [6.07, 6.45) is -0.425. The molecule has 2 atom stereocenters.